The molecule has 0 radical (unpaired) electrons. The van der Waals surface area contributed by atoms with E-state index in [2.05, 4.69) is 41.2 Å². The highest BCUT2D eigenvalue weighted by atomic mass is 16.4. The molecule has 4 fully saturated rings. The summed E-state index contributed by atoms with van der Waals surface area (Å²) in [5.74, 6) is 8.44. The third-order valence-corrected chi connectivity index (χ3v) is 11.8. The van der Waals surface area contributed by atoms with Crippen LogP contribution < -0.4 is 10.6 Å². The lowest BCUT2D eigenvalue weighted by Crippen LogP contribution is -2.59. The van der Waals surface area contributed by atoms with Crippen molar-refractivity contribution in [3.05, 3.63) is 0 Å². The number of nitrogens with zero attached hydrogens (tertiary/aromatic N) is 1. The minimum Gasteiger partial charge on any atom is -0.481 e. The molecule has 6 N–H and O–H groups in total. The van der Waals surface area contributed by atoms with Crippen molar-refractivity contribution in [2.45, 2.75) is 133 Å². The van der Waals surface area contributed by atoms with Crippen LogP contribution in [0.25, 0.3) is 0 Å². The van der Waals surface area contributed by atoms with Crippen molar-refractivity contribution in [1.82, 2.24) is 15.5 Å². The largest absolute Gasteiger partial charge is 0.481 e. The van der Waals surface area contributed by atoms with E-state index in [0.717, 1.165) is 58.0 Å². The maximum atomic E-state index is 11.7. The van der Waals surface area contributed by atoms with Crippen molar-refractivity contribution in [2.75, 3.05) is 26.2 Å². The smallest absolute Gasteiger partial charge is 0.306 e. The van der Waals surface area contributed by atoms with Gasteiger partial charge in [-0.25, -0.2) is 0 Å². The van der Waals surface area contributed by atoms with Crippen molar-refractivity contribution in [1.29, 1.82) is 0 Å². The molecule has 8 heteroatoms. The predicted octanol–water partition coefficient (Wildman–Crippen LogP) is 2.74. The number of piperidine rings is 3. The summed E-state index contributed by atoms with van der Waals surface area (Å²) < 4.78 is 0. The van der Waals surface area contributed by atoms with E-state index in [1.807, 2.05) is 0 Å². The van der Waals surface area contributed by atoms with Crippen LogP contribution in [0.3, 0.4) is 0 Å². The molecule has 3 saturated heterocycles. The second kappa shape index (κ2) is 13.2. The number of fused-ring (bicyclic) bond motifs is 5. The van der Waals surface area contributed by atoms with E-state index < -0.39 is 11.6 Å². The van der Waals surface area contributed by atoms with E-state index in [0.29, 0.717) is 36.6 Å². The van der Waals surface area contributed by atoms with E-state index in [4.69, 9.17) is 0 Å². The van der Waals surface area contributed by atoms with Gasteiger partial charge in [0.25, 0.3) is 0 Å². The Hall–Kier alpha value is -1.21. The second-order valence-corrected chi connectivity index (χ2v) is 14.7. The average molecular weight is 574 g/mol. The minimum absolute atomic E-state index is 0.00831. The number of aliphatic hydroxyl groups excluding tert-OH is 2. The Morgan fingerprint density at radius 2 is 1.90 bits per heavy atom. The van der Waals surface area contributed by atoms with Crippen LogP contribution in [0.1, 0.15) is 97.3 Å². The average Bonchev–Trinajstić information content (AvgIpc) is 2.94. The van der Waals surface area contributed by atoms with Crippen molar-refractivity contribution in [3.8, 4) is 11.8 Å². The quantitative estimate of drug-likeness (QED) is 0.284. The molecule has 232 valence electrons. The molecule has 0 aromatic heterocycles. The van der Waals surface area contributed by atoms with Crippen LogP contribution in [0.4, 0.5) is 0 Å². The van der Waals surface area contributed by atoms with Crippen molar-refractivity contribution >= 4 is 5.97 Å². The van der Waals surface area contributed by atoms with Gasteiger partial charge in [0.15, 0.2) is 0 Å². The normalized spacial score (nSPS) is 46.2. The lowest BCUT2D eigenvalue weighted by atomic mass is 9.62. The highest BCUT2D eigenvalue weighted by molar-refractivity contribution is 5.68. The fraction of sp³-hybridized carbons (Fsp3) is 0.909. The molecule has 0 amide bonds. The van der Waals surface area contributed by atoms with Gasteiger partial charge in [-0.3, -0.25) is 9.69 Å². The molecule has 0 unspecified atom stereocenters. The van der Waals surface area contributed by atoms with E-state index in [-0.39, 0.29) is 55.1 Å². The lowest BCUT2D eigenvalue weighted by molar-refractivity contribution is -0.143. The number of carboxylic acids is 1. The molecule has 0 spiro atoms. The maximum absolute atomic E-state index is 11.7. The first kappa shape index (κ1) is 31.2. The van der Waals surface area contributed by atoms with Crippen molar-refractivity contribution in [3.63, 3.8) is 0 Å². The van der Waals surface area contributed by atoms with Crippen LogP contribution in [0.2, 0.25) is 0 Å². The van der Waals surface area contributed by atoms with Crippen LogP contribution in [0.15, 0.2) is 0 Å². The Kier molecular flexibility index (Phi) is 10.0. The molecule has 11 atom stereocenters. The highest BCUT2D eigenvalue weighted by Gasteiger charge is 2.47. The molecule has 1 aliphatic carbocycles. The standard InChI is InChI=1S/C33H55N3O5/c1-22-30(38)9-8-29-28-7-6-25(17-26(28)11-15-36(22)29)24-4-3-5-27-18-32(2,13-14-34-27)35-21-33(41,19-31(39)40)12-10-23(16-24)20-37/h22-30,34-35,37-38,41H,5-21H2,1-2H3,(H,39,40)/t22-,23-,24+,25-,26-,27+,28+,29-,30+,32+,33+/m0/s1. The van der Waals surface area contributed by atoms with Gasteiger partial charge in [0.1, 0.15) is 0 Å². The molecule has 0 aromatic carbocycles. The molecule has 4 aliphatic heterocycles. The summed E-state index contributed by atoms with van der Waals surface area (Å²) in [7, 11) is 0. The molecule has 2 bridgehead atoms. The summed E-state index contributed by atoms with van der Waals surface area (Å²) in [6.45, 7) is 6.61. The summed E-state index contributed by atoms with van der Waals surface area (Å²) >= 11 is 0. The topological polar surface area (TPSA) is 125 Å². The van der Waals surface area contributed by atoms with E-state index in [1.165, 1.54) is 19.3 Å². The molecular formula is C33H55N3O5. The van der Waals surface area contributed by atoms with Gasteiger partial charge in [0.2, 0.25) is 0 Å². The van der Waals surface area contributed by atoms with Crippen LogP contribution in [-0.2, 0) is 4.79 Å². The third kappa shape index (κ3) is 7.48. The number of hydrogen-bond acceptors (Lipinski definition) is 7. The Morgan fingerprint density at radius 1 is 1.07 bits per heavy atom. The van der Waals surface area contributed by atoms with E-state index in [1.54, 1.807) is 0 Å². The van der Waals surface area contributed by atoms with Gasteiger partial charge in [-0.2, -0.15) is 0 Å². The number of carboxylic acid groups (broad SMARTS) is 1. The minimum atomic E-state index is -1.34. The molecule has 5 rings (SSSR count). The van der Waals surface area contributed by atoms with Crippen LogP contribution in [-0.4, -0.2) is 92.9 Å². The molecule has 4 heterocycles. The number of hydrogen-bond donors (Lipinski definition) is 6. The predicted molar refractivity (Wildman–Crippen MR) is 159 cm³/mol. The lowest BCUT2D eigenvalue weighted by Gasteiger charge is -2.55. The van der Waals surface area contributed by atoms with Gasteiger partial charge in [0, 0.05) is 49.2 Å². The van der Waals surface area contributed by atoms with Crippen LogP contribution in [0, 0.1) is 41.4 Å². The first-order chi connectivity index (χ1) is 19.6. The number of nitrogens with one attached hydrogen (secondary N) is 2. The van der Waals surface area contributed by atoms with Gasteiger partial charge in [-0.05, 0) is 121 Å². The number of aliphatic hydroxyl groups is 3. The fourth-order valence-corrected chi connectivity index (χ4v) is 9.22. The zero-order valence-corrected chi connectivity index (χ0v) is 25.4. The Morgan fingerprint density at radius 3 is 2.68 bits per heavy atom. The van der Waals surface area contributed by atoms with Gasteiger partial charge in [-0.15, -0.1) is 5.92 Å². The molecule has 5 aliphatic rings. The summed E-state index contributed by atoms with van der Waals surface area (Å²) in [4.78, 5) is 14.3. The Labute approximate surface area is 247 Å². The molecule has 1 saturated carbocycles. The number of carbonyl (C=O) groups is 1. The van der Waals surface area contributed by atoms with Gasteiger partial charge in [0.05, 0.1) is 18.1 Å². The molecule has 41 heavy (non-hydrogen) atoms. The monoisotopic (exact) mass is 573 g/mol. The SMILES string of the molecule is C[C@H]1[C@H](O)CC[C@H]2[C@@H]3CC[C@H]([C@@H]4C#CC[C@@H]5C[C@@](C)(CCN5)NC[C@](O)(CC(=O)O)CC[C@H](CO)C4)C[C@@H]3CCN12. The third-order valence-electron chi connectivity index (χ3n) is 11.8. The van der Waals surface area contributed by atoms with Gasteiger partial charge in [-0.1, -0.05) is 5.92 Å². The molecule has 8 nitrogen and oxygen atoms in total. The number of β-amino-alcohol motifs (C(OH)–C–C–N with tert-alkyl or cyclic N) is 1. The summed E-state index contributed by atoms with van der Waals surface area (Å²) in [6, 6.07) is 1.12. The number of aliphatic carboxylic acids is 1. The van der Waals surface area contributed by atoms with Gasteiger partial charge < -0.3 is 31.1 Å². The summed E-state index contributed by atoms with van der Waals surface area (Å²) in [5, 5.41) is 49.1. The first-order valence-electron chi connectivity index (χ1n) is 16.5. The summed E-state index contributed by atoms with van der Waals surface area (Å²) in [5.41, 5.74) is -1.52. The number of rotatable bonds is 4. The summed E-state index contributed by atoms with van der Waals surface area (Å²) in [6.07, 6.45) is 10.6. The zero-order chi connectivity index (χ0) is 29.2. The highest BCUT2D eigenvalue weighted by Crippen LogP contribution is 2.48. The van der Waals surface area contributed by atoms with Crippen molar-refractivity contribution in [2.24, 2.45) is 29.6 Å². The van der Waals surface area contributed by atoms with E-state index in [9.17, 15) is 25.2 Å². The van der Waals surface area contributed by atoms with Crippen LogP contribution in [0.5, 0.6) is 0 Å². The van der Waals surface area contributed by atoms with E-state index >= 15 is 0 Å². The molecular weight excluding hydrogens is 518 g/mol. The van der Waals surface area contributed by atoms with Crippen LogP contribution >= 0.6 is 0 Å². The Bertz CT molecular complexity index is 968. The zero-order valence-electron chi connectivity index (χ0n) is 25.4. The fourth-order valence-electron chi connectivity index (χ4n) is 9.22. The first-order valence-corrected chi connectivity index (χ1v) is 16.5. The van der Waals surface area contributed by atoms with Crippen molar-refractivity contribution < 1.29 is 25.2 Å². The second-order valence-electron chi connectivity index (χ2n) is 14.7. The molecule has 0 aromatic rings. The maximum Gasteiger partial charge on any atom is 0.306 e. The van der Waals surface area contributed by atoms with Gasteiger partial charge >= 0.3 is 5.97 Å². The Balaban J connectivity index is 1.33.